The molecule has 3 nitrogen and oxygen atoms in total. The molecule has 0 fully saturated rings. The second kappa shape index (κ2) is 6.80. The largest absolute Gasteiger partial charge is 0.392 e. The monoisotopic (exact) mass is 332 g/mol. The number of nitrogens with two attached hydrogens (primary N) is 1. The highest BCUT2D eigenvalue weighted by Gasteiger charge is 2.18. The van der Waals surface area contributed by atoms with E-state index in [0.717, 1.165) is 6.42 Å². The normalized spacial score (nSPS) is 11.9. The first-order valence-electron chi connectivity index (χ1n) is 5.51. The maximum absolute atomic E-state index is 13.5. The summed E-state index contributed by atoms with van der Waals surface area (Å²) in [6.07, 6.45) is 1.46. The van der Waals surface area contributed by atoms with Crippen LogP contribution in [0.2, 0.25) is 0 Å². The fourth-order valence-electron chi connectivity index (χ4n) is 1.48. The van der Waals surface area contributed by atoms with Gasteiger partial charge in [-0.2, -0.15) is 0 Å². The van der Waals surface area contributed by atoms with Crippen LogP contribution < -0.4 is 11.1 Å². The summed E-state index contributed by atoms with van der Waals surface area (Å²) in [5, 5.41) is 2.64. The van der Waals surface area contributed by atoms with Crippen molar-refractivity contribution in [2.24, 2.45) is 5.73 Å². The highest BCUT2D eigenvalue weighted by Crippen LogP contribution is 2.15. The first kappa shape index (κ1) is 15.0. The lowest BCUT2D eigenvalue weighted by Gasteiger charge is -2.16. The van der Waals surface area contributed by atoms with Crippen molar-refractivity contribution in [3.8, 4) is 0 Å². The predicted molar refractivity (Wildman–Crippen MR) is 77.0 cm³/mol. The molecule has 18 heavy (non-hydrogen) atoms. The minimum Gasteiger partial charge on any atom is -0.392 e. The number of nitrogens with one attached hydrogen (secondary N) is 1. The third kappa shape index (κ3) is 4.03. The number of carbonyl (C=O) groups excluding carboxylic acids is 1. The summed E-state index contributed by atoms with van der Waals surface area (Å²) in [5.41, 5.74) is 5.50. The minimum atomic E-state index is -0.575. The van der Waals surface area contributed by atoms with E-state index in [1.165, 1.54) is 18.2 Å². The van der Waals surface area contributed by atoms with Crippen LogP contribution in [0, 0.1) is 5.82 Å². The summed E-state index contributed by atoms with van der Waals surface area (Å²) in [4.78, 5) is 12.1. The third-order valence-corrected chi connectivity index (χ3v) is 3.18. The fraction of sp³-hybridized carbons (Fsp3) is 0.333. The molecule has 0 aliphatic carbocycles. The Balaban J connectivity index is 2.86. The van der Waals surface area contributed by atoms with Gasteiger partial charge in [0.25, 0.3) is 5.91 Å². The molecule has 0 bridgehead atoms. The van der Waals surface area contributed by atoms with Gasteiger partial charge in [-0.15, -0.1) is 0 Å². The van der Waals surface area contributed by atoms with E-state index in [0.29, 0.717) is 10.9 Å². The molecule has 1 aromatic carbocycles. The van der Waals surface area contributed by atoms with Crippen LogP contribution in [0.25, 0.3) is 0 Å². The quantitative estimate of drug-likeness (QED) is 0.815. The first-order chi connectivity index (χ1) is 8.45. The lowest BCUT2D eigenvalue weighted by molar-refractivity contribution is 0.0941. The Labute approximate surface area is 119 Å². The molecule has 0 aromatic heterocycles. The highest BCUT2D eigenvalue weighted by molar-refractivity contribution is 9.10. The summed E-state index contributed by atoms with van der Waals surface area (Å²) in [7, 11) is 0. The van der Waals surface area contributed by atoms with Crippen molar-refractivity contribution in [3.63, 3.8) is 0 Å². The zero-order valence-electron chi connectivity index (χ0n) is 9.87. The molecule has 1 aromatic rings. The predicted octanol–water partition coefficient (Wildman–Crippen LogP) is 2.77. The molecule has 1 unspecified atom stereocenters. The van der Waals surface area contributed by atoms with Gasteiger partial charge in [0.15, 0.2) is 0 Å². The van der Waals surface area contributed by atoms with Gasteiger partial charge < -0.3 is 11.1 Å². The standard InChI is InChI=1S/C12H14BrFN2OS/c1-2-3-10(11(15)18)16-12(17)8-6-7(13)4-5-9(8)14/h4-6,10H,2-3H2,1H3,(H2,15,18)(H,16,17). The summed E-state index contributed by atoms with van der Waals surface area (Å²) in [6.45, 7) is 1.96. The molecule has 0 saturated carbocycles. The van der Waals surface area contributed by atoms with Crippen molar-refractivity contribution in [2.45, 2.75) is 25.8 Å². The Morgan fingerprint density at radius 1 is 1.61 bits per heavy atom. The fourth-order valence-corrected chi connectivity index (χ4v) is 2.02. The molecule has 0 aliphatic heterocycles. The van der Waals surface area contributed by atoms with Gasteiger partial charge in [0.05, 0.1) is 16.6 Å². The van der Waals surface area contributed by atoms with Gasteiger partial charge >= 0.3 is 0 Å². The van der Waals surface area contributed by atoms with Gasteiger partial charge in [-0.05, 0) is 24.6 Å². The van der Waals surface area contributed by atoms with Crippen molar-refractivity contribution in [2.75, 3.05) is 0 Å². The molecule has 1 atom stereocenters. The maximum Gasteiger partial charge on any atom is 0.254 e. The van der Waals surface area contributed by atoms with Crippen LogP contribution in [0.15, 0.2) is 22.7 Å². The molecule has 0 heterocycles. The topological polar surface area (TPSA) is 55.1 Å². The Morgan fingerprint density at radius 3 is 2.83 bits per heavy atom. The lowest BCUT2D eigenvalue weighted by atomic mass is 10.1. The highest BCUT2D eigenvalue weighted by atomic mass is 79.9. The van der Waals surface area contributed by atoms with Gasteiger partial charge in [0, 0.05) is 4.47 Å². The second-order valence-corrected chi connectivity index (χ2v) is 5.23. The van der Waals surface area contributed by atoms with Crippen LogP contribution >= 0.6 is 28.1 Å². The van der Waals surface area contributed by atoms with E-state index in [-0.39, 0.29) is 10.6 Å². The lowest BCUT2D eigenvalue weighted by Crippen LogP contribution is -2.43. The number of halogens is 2. The van der Waals surface area contributed by atoms with Crippen molar-refractivity contribution in [1.82, 2.24) is 5.32 Å². The van der Waals surface area contributed by atoms with Crippen LogP contribution in [0.4, 0.5) is 4.39 Å². The second-order valence-electron chi connectivity index (χ2n) is 3.84. The van der Waals surface area contributed by atoms with Crippen molar-refractivity contribution in [1.29, 1.82) is 0 Å². The average molecular weight is 333 g/mol. The molecule has 0 spiro atoms. The Kier molecular flexibility index (Phi) is 5.68. The first-order valence-corrected chi connectivity index (χ1v) is 6.71. The summed E-state index contributed by atoms with van der Waals surface area (Å²) < 4.78 is 14.1. The Morgan fingerprint density at radius 2 is 2.28 bits per heavy atom. The van der Waals surface area contributed by atoms with Crippen LogP contribution in [-0.2, 0) is 0 Å². The van der Waals surface area contributed by atoms with Crippen molar-refractivity contribution in [3.05, 3.63) is 34.1 Å². The van der Waals surface area contributed by atoms with E-state index >= 15 is 0 Å². The Hall–Kier alpha value is -1.01. The molecule has 3 N–H and O–H groups in total. The molecule has 98 valence electrons. The van der Waals surface area contributed by atoms with E-state index in [1.54, 1.807) is 0 Å². The summed E-state index contributed by atoms with van der Waals surface area (Å²) in [5.74, 6) is -1.09. The number of benzene rings is 1. The SMILES string of the molecule is CCCC(NC(=O)c1cc(Br)ccc1F)C(N)=S. The number of rotatable bonds is 5. The minimum absolute atomic E-state index is 0.0262. The summed E-state index contributed by atoms with van der Waals surface area (Å²) in [6, 6.07) is 3.78. The smallest absolute Gasteiger partial charge is 0.254 e. The van der Waals surface area contributed by atoms with E-state index in [2.05, 4.69) is 21.2 Å². The van der Waals surface area contributed by atoms with Crippen LogP contribution in [0.3, 0.4) is 0 Å². The van der Waals surface area contributed by atoms with Gasteiger partial charge in [-0.1, -0.05) is 41.5 Å². The molecule has 0 aliphatic rings. The number of carbonyl (C=O) groups is 1. The van der Waals surface area contributed by atoms with Gasteiger partial charge in [-0.3, -0.25) is 4.79 Å². The zero-order chi connectivity index (χ0) is 13.7. The molecular weight excluding hydrogens is 319 g/mol. The third-order valence-electron chi connectivity index (χ3n) is 2.40. The Bertz CT molecular complexity index is 467. The molecular formula is C12H14BrFN2OS. The van der Waals surface area contributed by atoms with E-state index in [4.69, 9.17) is 18.0 Å². The van der Waals surface area contributed by atoms with E-state index in [1.807, 2.05) is 6.92 Å². The van der Waals surface area contributed by atoms with Crippen LogP contribution in [0.1, 0.15) is 30.1 Å². The van der Waals surface area contributed by atoms with Crippen molar-refractivity contribution < 1.29 is 9.18 Å². The number of hydrogen-bond acceptors (Lipinski definition) is 2. The molecule has 1 rings (SSSR count). The molecule has 1 amide bonds. The summed E-state index contributed by atoms with van der Waals surface area (Å²) >= 11 is 8.06. The average Bonchev–Trinajstić information content (AvgIpc) is 2.31. The maximum atomic E-state index is 13.5. The van der Waals surface area contributed by atoms with Crippen molar-refractivity contribution >= 4 is 39.0 Å². The number of thiocarbonyl (C=S) groups is 1. The molecule has 0 radical (unpaired) electrons. The zero-order valence-corrected chi connectivity index (χ0v) is 12.3. The number of hydrogen-bond donors (Lipinski definition) is 2. The van der Waals surface area contributed by atoms with Gasteiger partial charge in [0.1, 0.15) is 5.82 Å². The van der Waals surface area contributed by atoms with E-state index in [9.17, 15) is 9.18 Å². The van der Waals surface area contributed by atoms with E-state index < -0.39 is 17.8 Å². The van der Waals surface area contributed by atoms with Gasteiger partial charge in [-0.25, -0.2) is 4.39 Å². The number of amides is 1. The van der Waals surface area contributed by atoms with Gasteiger partial charge in [0.2, 0.25) is 0 Å². The van der Waals surface area contributed by atoms with Crippen LogP contribution in [-0.4, -0.2) is 16.9 Å². The van der Waals surface area contributed by atoms with Crippen LogP contribution in [0.5, 0.6) is 0 Å². The molecule has 6 heteroatoms. The molecule has 0 saturated heterocycles.